The average Bonchev–Trinajstić information content (AvgIpc) is 3.29. The first-order valence-electron chi connectivity index (χ1n) is 8.00. The summed E-state index contributed by atoms with van der Waals surface area (Å²) in [4.78, 5) is 5.78. The molecule has 5 nitrogen and oxygen atoms in total. The summed E-state index contributed by atoms with van der Waals surface area (Å²) in [6.07, 6.45) is 1.95. The van der Waals surface area contributed by atoms with Crippen molar-refractivity contribution in [3.63, 3.8) is 0 Å². The lowest BCUT2D eigenvalue weighted by molar-refractivity contribution is 0.340. The second kappa shape index (κ2) is 6.86. The normalized spacial score (nSPS) is 11.4. The van der Waals surface area contributed by atoms with Gasteiger partial charge in [-0.2, -0.15) is 0 Å². The number of hydrogen-bond acceptors (Lipinski definition) is 5. The van der Waals surface area contributed by atoms with Gasteiger partial charge >= 0.3 is 0 Å². The summed E-state index contributed by atoms with van der Waals surface area (Å²) in [6, 6.07) is 17.5. The van der Waals surface area contributed by atoms with Crippen molar-refractivity contribution in [1.29, 1.82) is 0 Å². The molecule has 0 saturated heterocycles. The molecule has 4 rings (SSSR count). The van der Waals surface area contributed by atoms with Crippen LogP contribution in [0.2, 0.25) is 0 Å². The van der Waals surface area contributed by atoms with E-state index < -0.39 is 0 Å². The maximum atomic E-state index is 5.45. The molecular weight excluding hydrogens is 332 g/mol. The van der Waals surface area contributed by atoms with Crippen LogP contribution in [0.4, 0.5) is 11.5 Å². The van der Waals surface area contributed by atoms with Crippen molar-refractivity contribution in [2.75, 3.05) is 6.61 Å². The topological polar surface area (TPSA) is 51.2 Å². The van der Waals surface area contributed by atoms with E-state index in [1.165, 1.54) is 0 Å². The highest BCUT2D eigenvalue weighted by Crippen LogP contribution is 2.34. The van der Waals surface area contributed by atoms with Crippen molar-refractivity contribution in [2.24, 2.45) is 10.2 Å². The first-order valence-corrected chi connectivity index (χ1v) is 8.88. The number of hydrogen-bond donors (Lipinski definition) is 0. The molecule has 25 heavy (non-hydrogen) atoms. The molecule has 0 atom stereocenters. The number of aromatic nitrogens is 2. The molecule has 6 heteroatoms. The van der Waals surface area contributed by atoms with Gasteiger partial charge in [-0.1, -0.05) is 12.1 Å². The standard InChI is InChI=1S/C19H16N4OS/c1-2-24-15-10-8-14(9-11-15)21-22-19-18(16-6-5-13-25-16)20-17-7-3-4-12-23(17)19/h3-13H,2H2,1H3. The molecule has 4 aromatic rings. The molecule has 0 spiro atoms. The van der Waals surface area contributed by atoms with Crippen LogP contribution in [-0.2, 0) is 0 Å². The SMILES string of the molecule is CCOc1ccc(N=Nc2c(-c3cccs3)nc3ccccn23)cc1. The van der Waals surface area contributed by atoms with Crippen LogP contribution in [-0.4, -0.2) is 16.0 Å². The third-order valence-electron chi connectivity index (χ3n) is 3.67. The molecule has 0 aliphatic rings. The minimum atomic E-state index is 0.646. The van der Waals surface area contributed by atoms with Gasteiger partial charge in [0.15, 0.2) is 5.82 Å². The highest BCUT2D eigenvalue weighted by molar-refractivity contribution is 7.13. The lowest BCUT2D eigenvalue weighted by atomic mass is 10.3. The quantitative estimate of drug-likeness (QED) is 0.423. The molecule has 0 aliphatic heterocycles. The Hall–Kier alpha value is -2.99. The number of fused-ring (bicyclic) bond motifs is 1. The summed E-state index contributed by atoms with van der Waals surface area (Å²) in [5.41, 5.74) is 2.47. The largest absolute Gasteiger partial charge is 0.494 e. The van der Waals surface area contributed by atoms with Crippen molar-refractivity contribution in [3.8, 4) is 16.3 Å². The van der Waals surface area contributed by atoms with E-state index in [2.05, 4.69) is 10.2 Å². The van der Waals surface area contributed by atoms with Crippen LogP contribution in [0.5, 0.6) is 5.75 Å². The van der Waals surface area contributed by atoms with Gasteiger partial charge in [-0.15, -0.1) is 21.6 Å². The maximum Gasteiger partial charge on any atom is 0.188 e. The molecule has 1 aromatic carbocycles. The minimum Gasteiger partial charge on any atom is -0.494 e. The molecule has 3 heterocycles. The van der Waals surface area contributed by atoms with Crippen molar-refractivity contribution in [3.05, 3.63) is 66.2 Å². The molecule has 0 unspecified atom stereocenters. The van der Waals surface area contributed by atoms with Gasteiger partial charge < -0.3 is 4.74 Å². The first kappa shape index (κ1) is 15.5. The van der Waals surface area contributed by atoms with Crippen LogP contribution in [0.15, 0.2) is 76.4 Å². The molecule has 0 fully saturated rings. The average molecular weight is 348 g/mol. The fourth-order valence-corrected chi connectivity index (χ4v) is 3.25. The van der Waals surface area contributed by atoms with Crippen LogP contribution < -0.4 is 4.74 Å². The van der Waals surface area contributed by atoms with E-state index in [0.717, 1.165) is 33.5 Å². The smallest absolute Gasteiger partial charge is 0.188 e. The number of nitrogens with zero attached hydrogens (tertiary/aromatic N) is 4. The van der Waals surface area contributed by atoms with Crippen LogP contribution >= 0.6 is 11.3 Å². The van der Waals surface area contributed by atoms with Gasteiger partial charge in [-0.25, -0.2) is 4.98 Å². The predicted molar refractivity (Wildman–Crippen MR) is 100 cm³/mol. The summed E-state index contributed by atoms with van der Waals surface area (Å²) >= 11 is 1.64. The molecule has 3 aromatic heterocycles. The van der Waals surface area contributed by atoms with Crippen LogP contribution in [0.3, 0.4) is 0 Å². The van der Waals surface area contributed by atoms with E-state index in [9.17, 15) is 0 Å². The van der Waals surface area contributed by atoms with E-state index in [1.807, 2.05) is 77.5 Å². The molecule has 124 valence electrons. The fourth-order valence-electron chi connectivity index (χ4n) is 2.54. The number of ether oxygens (including phenoxy) is 1. The Bertz CT molecular complexity index is 1000. The number of thiophene rings is 1. The van der Waals surface area contributed by atoms with Gasteiger partial charge in [0.05, 0.1) is 17.2 Å². The van der Waals surface area contributed by atoms with E-state index >= 15 is 0 Å². The Kier molecular flexibility index (Phi) is 4.26. The summed E-state index contributed by atoms with van der Waals surface area (Å²) in [6.45, 7) is 2.61. The molecular formula is C19H16N4OS. The second-order valence-electron chi connectivity index (χ2n) is 5.32. The number of imidazole rings is 1. The zero-order valence-electron chi connectivity index (χ0n) is 13.7. The van der Waals surface area contributed by atoms with Gasteiger partial charge in [0.2, 0.25) is 0 Å². The van der Waals surface area contributed by atoms with E-state index in [4.69, 9.17) is 9.72 Å². The van der Waals surface area contributed by atoms with E-state index in [1.54, 1.807) is 11.3 Å². The Balaban J connectivity index is 1.74. The van der Waals surface area contributed by atoms with Crippen molar-refractivity contribution in [1.82, 2.24) is 9.38 Å². The fraction of sp³-hybridized carbons (Fsp3) is 0.105. The van der Waals surface area contributed by atoms with E-state index in [0.29, 0.717) is 6.61 Å². The summed E-state index contributed by atoms with van der Waals surface area (Å²) < 4.78 is 7.40. The number of azo groups is 1. The lowest BCUT2D eigenvalue weighted by Gasteiger charge is -2.01. The summed E-state index contributed by atoms with van der Waals surface area (Å²) in [7, 11) is 0. The lowest BCUT2D eigenvalue weighted by Crippen LogP contribution is -1.89. The predicted octanol–water partition coefficient (Wildman–Crippen LogP) is 5.88. The Morgan fingerprint density at radius 2 is 1.92 bits per heavy atom. The molecule has 0 N–H and O–H groups in total. The number of pyridine rings is 1. The van der Waals surface area contributed by atoms with Crippen molar-refractivity contribution >= 4 is 28.5 Å². The molecule has 0 bridgehead atoms. The molecule has 0 radical (unpaired) electrons. The molecule has 0 amide bonds. The van der Waals surface area contributed by atoms with Crippen molar-refractivity contribution in [2.45, 2.75) is 6.92 Å². The highest BCUT2D eigenvalue weighted by atomic mass is 32.1. The van der Waals surface area contributed by atoms with Gasteiger partial charge in [0.25, 0.3) is 0 Å². The monoisotopic (exact) mass is 348 g/mol. The Morgan fingerprint density at radius 3 is 2.68 bits per heavy atom. The first-order chi connectivity index (χ1) is 12.3. The Morgan fingerprint density at radius 1 is 1.04 bits per heavy atom. The third kappa shape index (κ3) is 3.16. The zero-order chi connectivity index (χ0) is 17.1. The number of rotatable bonds is 5. The van der Waals surface area contributed by atoms with Crippen molar-refractivity contribution < 1.29 is 4.74 Å². The van der Waals surface area contributed by atoms with Gasteiger partial charge in [0, 0.05) is 6.20 Å². The highest BCUT2D eigenvalue weighted by Gasteiger charge is 2.14. The van der Waals surface area contributed by atoms with Gasteiger partial charge in [-0.3, -0.25) is 4.40 Å². The molecule has 0 saturated carbocycles. The zero-order valence-corrected chi connectivity index (χ0v) is 14.5. The summed E-state index contributed by atoms with van der Waals surface area (Å²) in [5.74, 6) is 1.56. The van der Waals surface area contributed by atoms with Crippen LogP contribution in [0.1, 0.15) is 6.92 Å². The third-order valence-corrected chi connectivity index (χ3v) is 4.54. The summed E-state index contributed by atoms with van der Waals surface area (Å²) in [5, 5.41) is 10.9. The van der Waals surface area contributed by atoms with E-state index in [-0.39, 0.29) is 0 Å². The van der Waals surface area contributed by atoms with Gasteiger partial charge in [-0.05, 0) is 54.8 Å². The van der Waals surface area contributed by atoms with Gasteiger partial charge in [0.1, 0.15) is 17.1 Å². The second-order valence-corrected chi connectivity index (χ2v) is 6.26. The minimum absolute atomic E-state index is 0.646. The maximum absolute atomic E-state index is 5.45. The van der Waals surface area contributed by atoms with Crippen LogP contribution in [0.25, 0.3) is 16.2 Å². The number of benzene rings is 1. The Labute approximate surface area is 149 Å². The molecule has 0 aliphatic carbocycles. The van der Waals surface area contributed by atoms with Crippen LogP contribution in [0, 0.1) is 0 Å².